The zero-order valence-electron chi connectivity index (χ0n) is 10.5. The third kappa shape index (κ3) is 3.22. The van der Waals surface area contributed by atoms with Crippen LogP contribution in [0.3, 0.4) is 0 Å². The Labute approximate surface area is 110 Å². The second-order valence-corrected chi connectivity index (χ2v) is 5.60. The van der Waals surface area contributed by atoms with Crippen LogP contribution in [0.5, 0.6) is 5.75 Å². The lowest BCUT2D eigenvalue weighted by Crippen LogP contribution is -2.28. The molecule has 0 fully saturated rings. The second kappa shape index (κ2) is 5.08. The van der Waals surface area contributed by atoms with Crippen LogP contribution in [-0.2, 0) is 10.2 Å². The largest absolute Gasteiger partial charge is 0.490 e. The molecule has 1 rings (SSSR count). The first-order valence-electron chi connectivity index (χ1n) is 5.45. The van der Waals surface area contributed by atoms with Crippen molar-refractivity contribution in [1.29, 1.82) is 0 Å². The Morgan fingerprint density at radius 1 is 1.41 bits per heavy atom. The van der Waals surface area contributed by atoms with Crippen molar-refractivity contribution in [1.82, 2.24) is 0 Å². The van der Waals surface area contributed by atoms with Crippen molar-refractivity contribution in [2.45, 2.75) is 39.2 Å². The molecule has 1 aromatic carbocycles. The van der Waals surface area contributed by atoms with Gasteiger partial charge in [-0.15, -0.1) is 0 Å². The summed E-state index contributed by atoms with van der Waals surface area (Å²) in [7, 11) is 0. The van der Waals surface area contributed by atoms with Gasteiger partial charge in [-0.1, -0.05) is 6.07 Å². The first kappa shape index (κ1) is 14.0. The fourth-order valence-electron chi connectivity index (χ4n) is 1.36. The molecule has 0 spiro atoms. The van der Waals surface area contributed by atoms with Crippen LogP contribution in [0.25, 0.3) is 0 Å². The van der Waals surface area contributed by atoms with E-state index in [2.05, 4.69) is 15.9 Å². The van der Waals surface area contributed by atoms with E-state index in [-0.39, 0.29) is 6.10 Å². The molecule has 0 aromatic heterocycles. The van der Waals surface area contributed by atoms with Gasteiger partial charge < -0.3 is 9.84 Å². The molecule has 0 aliphatic carbocycles. The summed E-state index contributed by atoms with van der Waals surface area (Å²) in [6, 6.07) is 5.38. The zero-order chi connectivity index (χ0) is 13.2. The maximum atomic E-state index is 11.1. The summed E-state index contributed by atoms with van der Waals surface area (Å²) in [5.41, 5.74) is -0.160. The molecule has 94 valence electrons. The Morgan fingerprint density at radius 3 is 2.41 bits per heavy atom. The van der Waals surface area contributed by atoms with Crippen LogP contribution < -0.4 is 4.74 Å². The smallest absolute Gasteiger partial charge is 0.313 e. The summed E-state index contributed by atoms with van der Waals surface area (Å²) in [5.74, 6) is -0.119. The molecule has 0 saturated heterocycles. The van der Waals surface area contributed by atoms with Crippen molar-refractivity contribution in [3.8, 4) is 5.75 Å². The minimum absolute atomic E-state index is 0.0876. The fourth-order valence-corrected chi connectivity index (χ4v) is 1.83. The second-order valence-electron chi connectivity index (χ2n) is 4.74. The number of rotatable bonds is 4. The minimum Gasteiger partial charge on any atom is -0.490 e. The van der Waals surface area contributed by atoms with Gasteiger partial charge in [-0.3, -0.25) is 4.79 Å². The van der Waals surface area contributed by atoms with E-state index < -0.39 is 11.4 Å². The number of hydrogen-bond acceptors (Lipinski definition) is 2. The Balaban J connectivity index is 3.08. The van der Waals surface area contributed by atoms with Gasteiger partial charge in [-0.05, 0) is 61.3 Å². The summed E-state index contributed by atoms with van der Waals surface area (Å²) < 4.78 is 6.35. The number of halogens is 1. The topological polar surface area (TPSA) is 46.5 Å². The van der Waals surface area contributed by atoms with Crippen LogP contribution >= 0.6 is 15.9 Å². The lowest BCUT2D eigenvalue weighted by molar-refractivity contribution is -0.142. The van der Waals surface area contributed by atoms with E-state index in [9.17, 15) is 4.79 Å². The van der Waals surface area contributed by atoms with Crippen molar-refractivity contribution in [2.24, 2.45) is 0 Å². The predicted molar refractivity (Wildman–Crippen MR) is 70.6 cm³/mol. The molecular formula is C13H17BrO3. The Kier molecular flexibility index (Phi) is 4.20. The lowest BCUT2D eigenvalue weighted by Gasteiger charge is -2.21. The van der Waals surface area contributed by atoms with Gasteiger partial charge in [-0.2, -0.15) is 0 Å². The quantitative estimate of drug-likeness (QED) is 0.924. The molecule has 0 atom stereocenters. The number of hydrogen-bond donors (Lipinski definition) is 1. The molecule has 0 unspecified atom stereocenters. The normalized spacial score (nSPS) is 11.6. The number of aliphatic carboxylic acids is 1. The number of carboxylic acid groups (broad SMARTS) is 1. The molecule has 0 aliphatic heterocycles. The fraction of sp³-hybridized carbons (Fsp3) is 0.462. The Hall–Kier alpha value is -1.03. The van der Waals surface area contributed by atoms with Crippen molar-refractivity contribution in [2.75, 3.05) is 0 Å². The summed E-state index contributed by atoms with van der Waals surface area (Å²) >= 11 is 3.40. The van der Waals surface area contributed by atoms with E-state index in [0.717, 1.165) is 15.8 Å². The van der Waals surface area contributed by atoms with Crippen molar-refractivity contribution < 1.29 is 14.6 Å². The monoisotopic (exact) mass is 300 g/mol. The number of ether oxygens (including phenoxy) is 1. The van der Waals surface area contributed by atoms with Gasteiger partial charge in [-0.25, -0.2) is 0 Å². The molecule has 1 aromatic rings. The van der Waals surface area contributed by atoms with Crippen LogP contribution in [0.4, 0.5) is 0 Å². The Bertz CT molecular complexity index is 425. The van der Waals surface area contributed by atoms with Gasteiger partial charge in [0.1, 0.15) is 5.75 Å². The van der Waals surface area contributed by atoms with Crippen LogP contribution in [0.2, 0.25) is 0 Å². The van der Waals surface area contributed by atoms with Gasteiger partial charge in [0, 0.05) is 0 Å². The first-order chi connectivity index (χ1) is 7.75. The number of carboxylic acids is 1. The van der Waals surface area contributed by atoms with Crippen molar-refractivity contribution >= 4 is 21.9 Å². The number of carbonyl (C=O) groups is 1. The summed E-state index contributed by atoms with van der Waals surface area (Å²) in [4.78, 5) is 11.1. The number of benzene rings is 1. The van der Waals surface area contributed by atoms with E-state index in [1.165, 1.54) is 0 Å². The average Bonchev–Trinajstić information content (AvgIpc) is 2.20. The molecule has 0 amide bonds. The van der Waals surface area contributed by atoms with E-state index in [1.54, 1.807) is 32.0 Å². The lowest BCUT2D eigenvalue weighted by atomic mass is 9.85. The highest BCUT2D eigenvalue weighted by Gasteiger charge is 2.29. The van der Waals surface area contributed by atoms with E-state index in [4.69, 9.17) is 9.84 Å². The standard InChI is InChI=1S/C13H17BrO3/c1-8(2)17-11-6-5-9(7-10(11)14)13(3,4)12(15)16/h5-8H,1-4H3,(H,15,16). The summed E-state index contributed by atoms with van der Waals surface area (Å²) in [6.45, 7) is 7.25. The average molecular weight is 301 g/mol. The highest BCUT2D eigenvalue weighted by atomic mass is 79.9. The van der Waals surface area contributed by atoms with Crippen LogP contribution in [0.15, 0.2) is 22.7 Å². The molecule has 0 saturated carbocycles. The molecule has 3 nitrogen and oxygen atoms in total. The van der Waals surface area contributed by atoms with Gasteiger partial charge in [0.15, 0.2) is 0 Å². The van der Waals surface area contributed by atoms with Crippen LogP contribution in [0.1, 0.15) is 33.3 Å². The van der Waals surface area contributed by atoms with Crippen LogP contribution in [0, 0.1) is 0 Å². The summed E-state index contributed by atoms with van der Waals surface area (Å²) in [5, 5.41) is 9.15. The highest BCUT2D eigenvalue weighted by Crippen LogP contribution is 2.32. The van der Waals surface area contributed by atoms with Crippen molar-refractivity contribution in [3.63, 3.8) is 0 Å². The minimum atomic E-state index is -0.904. The van der Waals surface area contributed by atoms with E-state index >= 15 is 0 Å². The van der Waals surface area contributed by atoms with Crippen LogP contribution in [-0.4, -0.2) is 17.2 Å². The predicted octanol–water partition coefficient (Wildman–Crippen LogP) is 3.60. The molecule has 0 radical (unpaired) electrons. The molecule has 0 bridgehead atoms. The first-order valence-corrected chi connectivity index (χ1v) is 6.24. The third-order valence-electron chi connectivity index (χ3n) is 2.55. The summed E-state index contributed by atoms with van der Waals surface area (Å²) in [6.07, 6.45) is 0.0876. The third-order valence-corrected chi connectivity index (χ3v) is 3.17. The van der Waals surface area contributed by atoms with Gasteiger partial charge in [0.05, 0.1) is 16.0 Å². The van der Waals surface area contributed by atoms with Gasteiger partial charge in [0.25, 0.3) is 0 Å². The Morgan fingerprint density at radius 2 is 2.00 bits per heavy atom. The van der Waals surface area contributed by atoms with Gasteiger partial charge >= 0.3 is 5.97 Å². The maximum Gasteiger partial charge on any atom is 0.313 e. The van der Waals surface area contributed by atoms with E-state index in [1.807, 2.05) is 13.8 Å². The van der Waals surface area contributed by atoms with E-state index in [0.29, 0.717) is 0 Å². The zero-order valence-corrected chi connectivity index (χ0v) is 12.0. The highest BCUT2D eigenvalue weighted by molar-refractivity contribution is 9.10. The molecule has 1 N–H and O–H groups in total. The van der Waals surface area contributed by atoms with Crippen molar-refractivity contribution in [3.05, 3.63) is 28.2 Å². The molecular weight excluding hydrogens is 284 g/mol. The molecule has 4 heteroatoms. The maximum absolute atomic E-state index is 11.1. The SMILES string of the molecule is CC(C)Oc1ccc(C(C)(C)C(=O)O)cc1Br. The molecule has 0 aliphatic rings. The van der Waals surface area contributed by atoms with Gasteiger partial charge in [0.2, 0.25) is 0 Å². The molecule has 0 heterocycles. The molecule has 17 heavy (non-hydrogen) atoms.